The number of nitrogens with zero attached hydrogens (tertiary/aromatic N) is 1. The zero-order chi connectivity index (χ0) is 11.7. The third-order valence-electron chi connectivity index (χ3n) is 2.61. The van der Waals surface area contributed by atoms with Gasteiger partial charge in [0.2, 0.25) is 0 Å². The monoisotopic (exact) mass is 224 g/mol. The molecule has 16 heavy (non-hydrogen) atoms. The van der Waals surface area contributed by atoms with Crippen LogP contribution < -0.4 is 5.32 Å². The van der Waals surface area contributed by atoms with Crippen LogP contribution in [0.4, 0.5) is 0 Å². The van der Waals surface area contributed by atoms with Crippen LogP contribution in [0.1, 0.15) is 29.1 Å². The highest BCUT2D eigenvalue weighted by molar-refractivity contribution is 5.95. The van der Waals surface area contributed by atoms with E-state index in [2.05, 4.69) is 10.3 Å². The van der Waals surface area contributed by atoms with Crippen LogP contribution in [-0.2, 0) is 4.79 Å². The standard InChI is InChI=1S/C10H12N2O4/c1-5-7(11-4-16-5)9(13)12-8(10(14)15)6-2-3-6/h4,6,8H,2-3H2,1H3,(H,12,13)(H,14,15). The van der Waals surface area contributed by atoms with Gasteiger partial charge in [0, 0.05) is 0 Å². The van der Waals surface area contributed by atoms with E-state index < -0.39 is 17.9 Å². The predicted molar refractivity (Wildman–Crippen MR) is 52.9 cm³/mol. The van der Waals surface area contributed by atoms with Crippen molar-refractivity contribution in [2.75, 3.05) is 0 Å². The van der Waals surface area contributed by atoms with E-state index in [9.17, 15) is 9.59 Å². The number of amides is 1. The number of carboxylic acids is 1. The second kappa shape index (κ2) is 3.96. The maximum atomic E-state index is 11.7. The van der Waals surface area contributed by atoms with Gasteiger partial charge in [0.15, 0.2) is 12.1 Å². The molecule has 1 aromatic heterocycles. The van der Waals surface area contributed by atoms with Crippen molar-refractivity contribution < 1.29 is 19.1 Å². The molecule has 86 valence electrons. The lowest BCUT2D eigenvalue weighted by Crippen LogP contribution is -2.42. The Hall–Kier alpha value is -1.85. The van der Waals surface area contributed by atoms with Gasteiger partial charge in [0.1, 0.15) is 11.8 Å². The third kappa shape index (κ3) is 2.05. The van der Waals surface area contributed by atoms with Crippen LogP contribution >= 0.6 is 0 Å². The molecule has 2 rings (SSSR count). The number of aromatic nitrogens is 1. The number of hydrogen-bond acceptors (Lipinski definition) is 4. The van der Waals surface area contributed by atoms with E-state index in [0.29, 0.717) is 5.76 Å². The van der Waals surface area contributed by atoms with E-state index in [-0.39, 0.29) is 11.6 Å². The van der Waals surface area contributed by atoms with Crippen molar-refractivity contribution in [3.63, 3.8) is 0 Å². The maximum absolute atomic E-state index is 11.7. The molecule has 1 aliphatic carbocycles. The number of carbonyl (C=O) groups excluding carboxylic acids is 1. The van der Waals surface area contributed by atoms with E-state index in [0.717, 1.165) is 19.2 Å². The smallest absolute Gasteiger partial charge is 0.326 e. The molecule has 1 fully saturated rings. The highest BCUT2D eigenvalue weighted by Crippen LogP contribution is 2.32. The SMILES string of the molecule is Cc1ocnc1C(=O)NC(C(=O)O)C1CC1. The molecule has 1 atom stereocenters. The first-order valence-corrected chi connectivity index (χ1v) is 5.03. The molecule has 1 amide bonds. The number of hydrogen-bond donors (Lipinski definition) is 2. The van der Waals surface area contributed by atoms with Gasteiger partial charge in [-0.25, -0.2) is 9.78 Å². The second-order valence-corrected chi connectivity index (χ2v) is 3.88. The number of aryl methyl sites for hydroxylation is 1. The molecule has 6 heteroatoms. The van der Waals surface area contributed by atoms with Gasteiger partial charge in [-0.05, 0) is 25.7 Å². The zero-order valence-electron chi connectivity index (χ0n) is 8.77. The Kier molecular flexibility index (Phi) is 2.64. The van der Waals surface area contributed by atoms with E-state index in [1.54, 1.807) is 6.92 Å². The van der Waals surface area contributed by atoms with Crippen molar-refractivity contribution in [3.8, 4) is 0 Å². The highest BCUT2D eigenvalue weighted by Gasteiger charge is 2.37. The van der Waals surface area contributed by atoms with Crippen LogP contribution in [0.15, 0.2) is 10.8 Å². The van der Waals surface area contributed by atoms with Crippen LogP contribution in [0.5, 0.6) is 0 Å². The van der Waals surface area contributed by atoms with E-state index >= 15 is 0 Å². The summed E-state index contributed by atoms with van der Waals surface area (Å²) < 4.78 is 4.88. The number of nitrogens with one attached hydrogen (secondary N) is 1. The zero-order valence-corrected chi connectivity index (χ0v) is 8.77. The Labute approximate surface area is 91.7 Å². The average molecular weight is 224 g/mol. The summed E-state index contributed by atoms with van der Waals surface area (Å²) in [5, 5.41) is 11.4. The van der Waals surface area contributed by atoms with Crippen molar-refractivity contribution in [1.29, 1.82) is 0 Å². The maximum Gasteiger partial charge on any atom is 0.326 e. The minimum Gasteiger partial charge on any atom is -0.480 e. The van der Waals surface area contributed by atoms with Crippen LogP contribution in [0.3, 0.4) is 0 Å². The molecule has 0 radical (unpaired) electrons. The third-order valence-corrected chi connectivity index (χ3v) is 2.61. The number of rotatable bonds is 4. The van der Waals surface area contributed by atoms with Gasteiger partial charge in [0.25, 0.3) is 5.91 Å². The molecule has 0 saturated heterocycles. The Balaban J connectivity index is 2.06. The number of carbonyl (C=O) groups is 2. The molecule has 0 bridgehead atoms. The number of carboxylic acid groups (broad SMARTS) is 1. The lowest BCUT2D eigenvalue weighted by atomic mass is 10.2. The van der Waals surface area contributed by atoms with Gasteiger partial charge in [0.05, 0.1) is 0 Å². The van der Waals surface area contributed by atoms with Crippen molar-refractivity contribution in [1.82, 2.24) is 10.3 Å². The van der Waals surface area contributed by atoms with Crippen LogP contribution in [0, 0.1) is 12.8 Å². The molecular weight excluding hydrogens is 212 g/mol. The summed E-state index contributed by atoms with van der Waals surface area (Å²) in [5.41, 5.74) is 0.145. The van der Waals surface area contributed by atoms with Crippen molar-refractivity contribution in [2.24, 2.45) is 5.92 Å². The minimum absolute atomic E-state index is 0.0497. The van der Waals surface area contributed by atoms with E-state index in [1.165, 1.54) is 0 Å². The highest BCUT2D eigenvalue weighted by atomic mass is 16.4. The van der Waals surface area contributed by atoms with E-state index in [4.69, 9.17) is 9.52 Å². The van der Waals surface area contributed by atoms with Crippen molar-refractivity contribution in [3.05, 3.63) is 17.8 Å². The molecule has 1 aromatic rings. The molecule has 2 N–H and O–H groups in total. The van der Waals surface area contributed by atoms with Gasteiger partial charge in [-0.15, -0.1) is 0 Å². The summed E-state index contributed by atoms with van der Waals surface area (Å²) in [6.45, 7) is 1.61. The average Bonchev–Trinajstić information content (AvgIpc) is 2.96. The fraction of sp³-hybridized carbons (Fsp3) is 0.500. The molecule has 6 nitrogen and oxygen atoms in total. The molecule has 1 saturated carbocycles. The fourth-order valence-electron chi connectivity index (χ4n) is 1.54. The Morgan fingerprint density at radius 2 is 2.31 bits per heavy atom. The normalized spacial score (nSPS) is 16.8. The van der Waals surface area contributed by atoms with Crippen LogP contribution in [0.25, 0.3) is 0 Å². The van der Waals surface area contributed by atoms with Gasteiger partial charge in [-0.3, -0.25) is 4.79 Å². The van der Waals surface area contributed by atoms with Crippen molar-refractivity contribution in [2.45, 2.75) is 25.8 Å². The Morgan fingerprint density at radius 3 is 2.75 bits per heavy atom. The molecule has 1 heterocycles. The van der Waals surface area contributed by atoms with Crippen molar-refractivity contribution >= 4 is 11.9 Å². The molecule has 1 aliphatic rings. The first-order valence-electron chi connectivity index (χ1n) is 5.03. The molecule has 1 unspecified atom stereocenters. The predicted octanol–water partition coefficient (Wildman–Crippen LogP) is 0.576. The number of oxazole rings is 1. The van der Waals surface area contributed by atoms with Crippen LogP contribution in [-0.4, -0.2) is 28.0 Å². The van der Waals surface area contributed by atoms with Gasteiger partial charge >= 0.3 is 5.97 Å². The topological polar surface area (TPSA) is 92.4 Å². The first-order chi connectivity index (χ1) is 7.59. The molecule has 0 aliphatic heterocycles. The minimum atomic E-state index is -1.00. The lowest BCUT2D eigenvalue weighted by Gasteiger charge is -2.12. The first kappa shape index (κ1) is 10.7. The molecular formula is C10H12N2O4. The fourth-order valence-corrected chi connectivity index (χ4v) is 1.54. The summed E-state index contributed by atoms with van der Waals surface area (Å²) in [6.07, 6.45) is 2.85. The molecule has 0 spiro atoms. The van der Waals surface area contributed by atoms with Gasteiger partial charge < -0.3 is 14.8 Å². The van der Waals surface area contributed by atoms with Crippen LogP contribution in [0.2, 0.25) is 0 Å². The number of aliphatic carboxylic acids is 1. The lowest BCUT2D eigenvalue weighted by molar-refractivity contribution is -0.139. The summed E-state index contributed by atoms with van der Waals surface area (Å²) in [6, 6.07) is -0.816. The second-order valence-electron chi connectivity index (χ2n) is 3.88. The van der Waals surface area contributed by atoms with E-state index in [1.807, 2.05) is 0 Å². The molecule has 0 aromatic carbocycles. The summed E-state index contributed by atoms with van der Waals surface area (Å²) >= 11 is 0. The largest absolute Gasteiger partial charge is 0.480 e. The quantitative estimate of drug-likeness (QED) is 0.780. The summed E-state index contributed by atoms with van der Waals surface area (Å²) in [4.78, 5) is 26.3. The summed E-state index contributed by atoms with van der Waals surface area (Å²) in [5.74, 6) is -1.06. The Morgan fingerprint density at radius 1 is 1.62 bits per heavy atom. The van der Waals surface area contributed by atoms with Gasteiger partial charge in [-0.1, -0.05) is 0 Å². The van der Waals surface area contributed by atoms with Gasteiger partial charge in [-0.2, -0.15) is 0 Å². The summed E-state index contributed by atoms with van der Waals surface area (Å²) in [7, 11) is 0. The Bertz CT molecular complexity index is 422.